The van der Waals surface area contributed by atoms with Gasteiger partial charge >= 0.3 is 0 Å². The first kappa shape index (κ1) is 19.0. The minimum Gasteiger partial charge on any atom is -0.455 e. The Hall–Kier alpha value is -3.98. The van der Waals surface area contributed by atoms with E-state index in [0.29, 0.717) is 43.1 Å². The van der Waals surface area contributed by atoms with Crippen LogP contribution in [-0.2, 0) is 4.74 Å². The Morgan fingerprint density at radius 2 is 1.81 bits per heavy atom. The van der Waals surface area contributed by atoms with Crippen LogP contribution in [0.3, 0.4) is 0 Å². The van der Waals surface area contributed by atoms with Gasteiger partial charge in [0.25, 0.3) is 5.69 Å². The number of aromatic amines is 1. The molecule has 3 heterocycles. The maximum atomic E-state index is 13.1. The third-order valence-electron chi connectivity index (χ3n) is 5.39. The van der Waals surface area contributed by atoms with Gasteiger partial charge in [0, 0.05) is 42.5 Å². The van der Waals surface area contributed by atoms with Gasteiger partial charge in [-0.1, -0.05) is 6.07 Å². The number of morpholine rings is 1. The molecule has 31 heavy (non-hydrogen) atoms. The third kappa shape index (κ3) is 3.34. The molecule has 9 heteroatoms. The summed E-state index contributed by atoms with van der Waals surface area (Å²) in [7, 11) is 0. The van der Waals surface area contributed by atoms with Crippen LogP contribution in [0.25, 0.3) is 33.2 Å². The smallest absolute Gasteiger partial charge is 0.270 e. The molecule has 1 N–H and O–H groups in total. The van der Waals surface area contributed by atoms with Gasteiger partial charge in [-0.05, 0) is 24.3 Å². The Kier molecular flexibility index (Phi) is 4.52. The van der Waals surface area contributed by atoms with Crippen LogP contribution < -0.4 is 15.9 Å². The van der Waals surface area contributed by atoms with Gasteiger partial charge in [0.2, 0.25) is 11.0 Å². The van der Waals surface area contributed by atoms with Crippen LogP contribution in [0.2, 0.25) is 0 Å². The fourth-order valence-electron chi connectivity index (χ4n) is 3.87. The molecule has 0 aliphatic carbocycles. The normalized spacial score (nSPS) is 14.3. The first-order valence-corrected chi connectivity index (χ1v) is 9.73. The number of hydrogen-bond donors (Lipinski definition) is 1. The number of fused-ring (bicyclic) bond motifs is 2. The lowest BCUT2D eigenvalue weighted by Crippen LogP contribution is -2.36. The number of nitrogens with zero attached hydrogens (tertiary/aromatic N) is 2. The molecule has 0 saturated carbocycles. The zero-order chi connectivity index (χ0) is 21.5. The molecule has 9 nitrogen and oxygen atoms in total. The molecule has 2 aromatic heterocycles. The number of H-pyrrole nitrogens is 1. The molecule has 5 rings (SSSR count). The van der Waals surface area contributed by atoms with Gasteiger partial charge in [-0.2, -0.15) is 0 Å². The number of rotatable bonds is 3. The van der Waals surface area contributed by atoms with Crippen molar-refractivity contribution in [2.75, 3.05) is 31.2 Å². The zero-order valence-corrected chi connectivity index (χ0v) is 16.3. The summed E-state index contributed by atoms with van der Waals surface area (Å²) in [5.41, 5.74) is 1.57. The van der Waals surface area contributed by atoms with E-state index in [0.717, 1.165) is 5.69 Å². The van der Waals surface area contributed by atoms with Crippen molar-refractivity contribution in [3.05, 3.63) is 79.2 Å². The molecular weight excluding hydrogens is 402 g/mol. The number of para-hydroxylation sites is 1. The Morgan fingerprint density at radius 3 is 2.58 bits per heavy atom. The Labute approximate surface area is 174 Å². The van der Waals surface area contributed by atoms with E-state index in [9.17, 15) is 19.7 Å². The first-order chi connectivity index (χ1) is 15.0. The average Bonchev–Trinajstić information content (AvgIpc) is 2.79. The van der Waals surface area contributed by atoms with Crippen LogP contribution in [0.1, 0.15) is 0 Å². The number of aromatic nitrogens is 1. The van der Waals surface area contributed by atoms with Crippen LogP contribution >= 0.6 is 0 Å². The van der Waals surface area contributed by atoms with E-state index in [4.69, 9.17) is 9.15 Å². The number of nitro benzene ring substituents is 1. The van der Waals surface area contributed by atoms with E-state index in [2.05, 4.69) is 9.88 Å². The van der Waals surface area contributed by atoms with Crippen LogP contribution in [-0.4, -0.2) is 36.2 Å². The highest BCUT2D eigenvalue weighted by molar-refractivity contribution is 5.97. The lowest BCUT2D eigenvalue weighted by molar-refractivity contribution is -0.384. The third-order valence-corrected chi connectivity index (χ3v) is 5.39. The lowest BCUT2D eigenvalue weighted by atomic mass is 10.0. The Morgan fingerprint density at radius 1 is 1.00 bits per heavy atom. The maximum absolute atomic E-state index is 13.1. The van der Waals surface area contributed by atoms with E-state index in [1.807, 2.05) is 6.07 Å². The molecule has 1 aliphatic heterocycles. The second-order valence-corrected chi connectivity index (χ2v) is 7.27. The summed E-state index contributed by atoms with van der Waals surface area (Å²) >= 11 is 0. The highest BCUT2D eigenvalue weighted by atomic mass is 16.6. The fourth-order valence-corrected chi connectivity index (χ4v) is 3.87. The topological polar surface area (TPSA) is 119 Å². The van der Waals surface area contributed by atoms with Crippen molar-refractivity contribution in [3.8, 4) is 11.3 Å². The van der Waals surface area contributed by atoms with Crippen LogP contribution in [0.5, 0.6) is 0 Å². The van der Waals surface area contributed by atoms with E-state index in [1.54, 1.807) is 18.2 Å². The van der Waals surface area contributed by atoms with Crippen LogP contribution in [0, 0.1) is 10.1 Å². The van der Waals surface area contributed by atoms with Crippen molar-refractivity contribution in [1.82, 2.24) is 4.98 Å². The highest BCUT2D eigenvalue weighted by Gasteiger charge is 2.18. The predicted molar refractivity (Wildman–Crippen MR) is 116 cm³/mol. The first-order valence-electron chi connectivity index (χ1n) is 9.73. The number of nitrogens with one attached hydrogen (secondary N) is 1. The lowest BCUT2D eigenvalue weighted by Gasteiger charge is -2.28. The number of anilines is 1. The Balaban J connectivity index is 1.72. The van der Waals surface area contributed by atoms with Crippen molar-refractivity contribution in [2.24, 2.45) is 0 Å². The molecule has 0 radical (unpaired) electrons. The van der Waals surface area contributed by atoms with Gasteiger partial charge in [0.15, 0.2) is 0 Å². The monoisotopic (exact) mass is 419 g/mol. The second kappa shape index (κ2) is 7.37. The van der Waals surface area contributed by atoms with Gasteiger partial charge in [-0.25, -0.2) is 0 Å². The fraction of sp³-hybridized carbons (Fsp3) is 0.182. The second-order valence-electron chi connectivity index (χ2n) is 7.27. The molecule has 4 aromatic rings. The molecule has 0 spiro atoms. The van der Waals surface area contributed by atoms with Crippen molar-refractivity contribution in [1.29, 1.82) is 0 Å². The summed E-state index contributed by atoms with van der Waals surface area (Å²) in [6, 6.07) is 12.4. The van der Waals surface area contributed by atoms with Crippen LogP contribution in [0.4, 0.5) is 11.4 Å². The number of non-ortho nitro benzene ring substituents is 1. The zero-order valence-electron chi connectivity index (χ0n) is 16.3. The van der Waals surface area contributed by atoms with Crippen molar-refractivity contribution < 1.29 is 14.1 Å². The van der Waals surface area contributed by atoms with Crippen molar-refractivity contribution in [3.63, 3.8) is 0 Å². The summed E-state index contributed by atoms with van der Waals surface area (Å²) in [4.78, 5) is 40.8. The molecule has 1 aliphatic rings. The number of benzene rings is 2. The highest BCUT2D eigenvalue weighted by Crippen LogP contribution is 2.31. The molecule has 0 bridgehead atoms. The summed E-state index contributed by atoms with van der Waals surface area (Å²) in [6.45, 7) is 2.53. The molecule has 156 valence electrons. The van der Waals surface area contributed by atoms with E-state index in [1.165, 1.54) is 24.3 Å². The molecule has 0 atom stereocenters. The van der Waals surface area contributed by atoms with Gasteiger partial charge in [0.05, 0.1) is 34.6 Å². The Bertz CT molecular complexity index is 1450. The standard InChI is InChI=1S/C22H17N3O6/c26-20-12-14(24-6-8-30-9-7-24)11-18(23-20)15-2-1-3-16-21(27)17-10-13(25(28)29)4-5-19(17)31-22(15)16/h1-5,10-12H,6-9H2,(H,23,26). The molecular formula is C22H17N3O6. The number of nitro groups is 1. The molecule has 2 aromatic carbocycles. The molecule has 0 unspecified atom stereocenters. The summed E-state index contributed by atoms with van der Waals surface area (Å²) in [5, 5.41) is 11.5. The van der Waals surface area contributed by atoms with Gasteiger partial charge in [0.1, 0.15) is 11.2 Å². The van der Waals surface area contributed by atoms with Gasteiger partial charge < -0.3 is 19.0 Å². The van der Waals surface area contributed by atoms with Crippen LogP contribution in [0.15, 0.2) is 62.5 Å². The maximum Gasteiger partial charge on any atom is 0.270 e. The molecule has 1 saturated heterocycles. The van der Waals surface area contributed by atoms with Crippen molar-refractivity contribution in [2.45, 2.75) is 0 Å². The molecule has 0 amide bonds. The summed E-state index contributed by atoms with van der Waals surface area (Å²) < 4.78 is 11.4. The minimum atomic E-state index is -0.554. The van der Waals surface area contributed by atoms with Crippen molar-refractivity contribution >= 4 is 33.3 Å². The van der Waals surface area contributed by atoms with E-state index in [-0.39, 0.29) is 33.0 Å². The summed E-state index contributed by atoms with van der Waals surface area (Å²) in [5.74, 6) is 0. The minimum absolute atomic E-state index is 0.134. The average molecular weight is 419 g/mol. The largest absolute Gasteiger partial charge is 0.455 e. The SMILES string of the molecule is O=c1cc(N2CCOCC2)cc(-c2cccc3c(=O)c4cc([N+](=O)[O-])ccc4oc23)[nH]1. The van der Waals surface area contributed by atoms with Gasteiger partial charge in [-0.15, -0.1) is 0 Å². The predicted octanol–water partition coefficient (Wildman–Crippen LogP) is 3.05. The number of pyridine rings is 1. The van der Waals surface area contributed by atoms with Gasteiger partial charge in [-0.3, -0.25) is 19.7 Å². The summed E-state index contributed by atoms with van der Waals surface area (Å²) in [6.07, 6.45) is 0. The quantitative estimate of drug-likeness (QED) is 0.308. The number of ether oxygens (including phenoxy) is 1. The van der Waals surface area contributed by atoms with E-state index < -0.39 is 4.92 Å². The number of hydrogen-bond acceptors (Lipinski definition) is 7. The molecule has 1 fully saturated rings. The van der Waals surface area contributed by atoms with E-state index >= 15 is 0 Å².